The highest BCUT2D eigenvalue weighted by atomic mass is 16.4. The summed E-state index contributed by atoms with van der Waals surface area (Å²) >= 11 is 0. The van der Waals surface area contributed by atoms with Crippen molar-refractivity contribution in [1.29, 1.82) is 0 Å². The minimum atomic E-state index is -1.18. The zero-order chi connectivity index (χ0) is 29.4. The summed E-state index contributed by atoms with van der Waals surface area (Å²) in [6.07, 6.45) is 2.10. The Morgan fingerprint density at radius 2 is 1.40 bits per heavy atom. The van der Waals surface area contributed by atoms with Gasteiger partial charge in [-0.05, 0) is 48.6 Å². The summed E-state index contributed by atoms with van der Waals surface area (Å²) in [6, 6.07) is 9.38. The largest absolute Gasteiger partial charge is 0.508 e. The molecule has 4 atom stereocenters. The van der Waals surface area contributed by atoms with E-state index in [1.165, 1.54) is 19.1 Å². The Bertz CT molecular complexity index is 1330. The van der Waals surface area contributed by atoms with Crippen molar-refractivity contribution in [2.75, 3.05) is 0 Å². The molecule has 0 spiro atoms. The Kier molecular flexibility index (Phi) is 10.3. The van der Waals surface area contributed by atoms with Gasteiger partial charge in [0, 0.05) is 29.9 Å². The van der Waals surface area contributed by atoms with E-state index in [1.54, 1.807) is 18.3 Å². The number of hydrogen-bond donors (Lipinski definition) is 7. The lowest BCUT2D eigenvalue weighted by atomic mass is 10.0. The lowest BCUT2D eigenvalue weighted by Gasteiger charge is -2.25. The number of aliphatic carboxylic acids is 1. The number of aromatic amines is 1. The number of aromatic nitrogens is 1. The van der Waals surface area contributed by atoms with Gasteiger partial charge in [0.2, 0.25) is 17.7 Å². The second kappa shape index (κ2) is 13.6. The average molecular weight is 552 g/mol. The van der Waals surface area contributed by atoms with Crippen molar-refractivity contribution in [3.63, 3.8) is 0 Å². The van der Waals surface area contributed by atoms with Crippen LogP contribution in [-0.4, -0.2) is 63.1 Å². The van der Waals surface area contributed by atoms with Gasteiger partial charge in [0.25, 0.3) is 0 Å². The van der Waals surface area contributed by atoms with Crippen molar-refractivity contribution in [2.45, 2.75) is 64.2 Å². The third kappa shape index (κ3) is 8.31. The first-order chi connectivity index (χ1) is 18.9. The van der Waals surface area contributed by atoms with Crippen LogP contribution in [0.4, 0.5) is 0 Å². The number of H-pyrrole nitrogens is 1. The molecule has 1 aromatic heterocycles. The zero-order valence-electron chi connectivity index (χ0n) is 22.8. The molecular weight excluding hydrogens is 514 g/mol. The molecule has 11 heteroatoms. The fourth-order valence-corrected chi connectivity index (χ4v) is 4.35. The second-order valence-electron chi connectivity index (χ2n) is 10.4. The maximum Gasteiger partial charge on any atom is 0.326 e. The average Bonchev–Trinajstić information content (AvgIpc) is 3.31. The number of nitrogens with two attached hydrogens (primary N) is 1. The van der Waals surface area contributed by atoms with Crippen LogP contribution < -0.4 is 21.7 Å². The highest BCUT2D eigenvalue weighted by Crippen LogP contribution is 2.19. The minimum Gasteiger partial charge on any atom is -0.508 e. The molecule has 0 radical (unpaired) electrons. The van der Waals surface area contributed by atoms with Crippen molar-refractivity contribution in [3.8, 4) is 5.75 Å². The number of carboxylic acid groups (broad SMARTS) is 1. The number of amides is 3. The molecule has 8 N–H and O–H groups in total. The van der Waals surface area contributed by atoms with E-state index < -0.39 is 47.9 Å². The van der Waals surface area contributed by atoms with Crippen LogP contribution in [-0.2, 0) is 32.0 Å². The van der Waals surface area contributed by atoms with E-state index in [9.17, 15) is 29.4 Å². The SMILES string of the molecule is CC(C)CC(NC(=O)C(Cc1ccc(O)cc1)NC(=O)C(Cc1c[nH]c2ccccc12)NC(=O)C(C)N)C(=O)O. The zero-order valence-corrected chi connectivity index (χ0v) is 22.8. The third-order valence-corrected chi connectivity index (χ3v) is 6.48. The molecule has 11 nitrogen and oxygen atoms in total. The van der Waals surface area contributed by atoms with Crippen molar-refractivity contribution in [2.24, 2.45) is 11.7 Å². The van der Waals surface area contributed by atoms with E-state index in [1.807, 2.05) is 38.1 Å². The monoisotopic (exact) mass is 551 g/mol. The third-order valence-electron chi connectivity index (χ3n) is 6.48. The van der Waals surface area contributed by atoms with Gasteiger partial charge in [0.05, 0.1) is 6.04 Å². The van der Waals surface area contributed by atoms with Crippen LogP contribution in [0.2, 0.25) is 0 Å². The van der Waals surface area contributed by atoms with Crippen LogP contribution in [0.3, 0.4) is 0 Å². The number of aromatic hydroxyl groups is 1. The molecule has 3 amide bonds. The number of carbonyl (C=O) groups is 4. The van der Waals surface area contributed by atoms with Crippen molar-refractivity contribution < 1.29 is 29.4 Å². The quantitative estimate of drug-likeness (QED) is 0.168. The Morgan fingerprint density at radius 3 is 2.00 bits per heavy atom. The Hall–Kier alpha value is -4.38. The highest BCUT2D eigenvalue weighted by Gasteiger charge is 2.31. The fourth-order valence-electron chi connectivity index (χ4n) is 4.35. The maximum atomic E-state index is 13.6. The normalized spacial score (nSPS) is 14.2. The first-order valence-corrected chi connectivity index (χ1v) is 13.2. The molecule has 3 aromatic rings. The number of fused-ring (bicyclic) bond motifs is 1. The molecule has 3 rings (SSSR count). The van der Waals surface area contributed by atoms with Crippen LogP contribution in [0, 0.1) is 5.92 Å². The van der Waals surface area contributed by atoms with Crippen molar-refractivity contribution in [1.82, 2.24) is 20.9 Å². The number of rotatable bonds is 13. The van der Waals surface area contributed by atoms with E-state index in [2.05, 4.69) is 20.9 Å². The molecule has 0 aliphatic rings. The van der Waals surface area contributed by atoms with Crippen LogP contribution in [0.15, 0.2) is 54.7 Å². The molecule has 0 saturated heterocycles. The molecule has 0 fully saturated rings. The summed E-state index contributed by atoms with van der Waals surface area (Å²) in [7, 11) is 0. The van der Waals surface area contributed by atoms with Crippen molar-refractivity contribution >= 4 is 34.6 Å². The molecule has 40 heavy (non-hydrogen) atoms. The van der Waals surface area contributed by atoms with Gasteiger partial charge in [0.1, 0.15) is 23.9 Å². The molecule has 0 saturated carbocycles. The lowest BCUT2D eigenvalue weighted by Crippen LogP contribution is -2.58. The minimum absolute atomic E-state index is 0.000517. The number of carboxylic acids is 1. The first-order valence-electron chi connectivity index (χ1n) is 13.2. The standard InChI is InChI=1S/C29H37N5O6/c1-16(2)12-25(29(39)40)34-27(37)23(13-18-8-10-20(35)11-9-18)33-28(38)24(32-26(36)17(3)30)14-19-15-31-22-7-5-4-6-21(19)22/h4-11,15-17,23-25,31,35H,12-14,30H2,1-3H3,(H,32,36)(H,33,38)(H,34,37)(H,39,40). The number of benzene rings is 2. The summed E-state index contributed by atoms with van der Waals surface area (Å²) in [5.41, 5.74) is 8.02. The molecule has 2 aromatic carbocycles. The highest BCUT2D eigenvalue weighted by molar-refractivity contribution is 5.95. The van der Waals surface area contributed by atoms with E-state index in [4.69, 9.17) is 5.73 Å². The number of phenols is 1. The predicted octanol–water partition coefficient (Wildman–Crippen LogP) is 1.59. The molecule has 4 unspecified atom stereocenters. The van der Waals surface area contributed by atoms with Crippen molar-refractivity contribution in [3.05, 3.63) is 65.9 Å². The van der Waals surface area contributed by atoms with E-state index in [0.717, 1.165) is 16.5 Å². The molecular formula is C29H37N5O6. The number of para-hydroxylation sites is 1. The van der Waals surface area contributed by atoms with Gasteiger partial charge in [0.15, 0.2) is 0 Å². The van der Waals surface area contributed by atoms with Crippen LogP contribution in [0.25, 0.3) is 10.9 Å². The summed E-state index contributed by atoms with van der Waals surface area (Å²) in [5, 5.41) is 28.1. The lowest BCUT2D eigenvalue weighted by molar-refractivity contribution is -0.142. The van der Waals surface area contributed by atoms with Gasteiger partial charge in [-0.3, -0.25) is 14.4 Å². The molecule has 0 aliphatic carbocycles. The summed E-state index contributed by atoms with van der Waals surface area (Å²) in [4.78, 5) is 54.4. The van der Waals surface area contributed by atoms with Gasteiger partial charge >= 0.3 is 5.97 Å². The number of carbonyl (C=O) groups excluding carboxylic acids is 3. The first kappa shape index (κ1) is 30.2. The Morgan fingerprint density at radius 1 is 0.825 bits per heavy atom. The predicted molar refractivity (Wildman–Crippen MR) is 150 cm³/mol. The summed E-state index contributed by atoms with van der Waals surface area (Å²) < 4.78 is 0. The maximum absolute atomic E-state index is 13.6. The number of nitrogens with one attached hydrogen (secondary N) is 4. The van der Waals surface area contributed by atoms with Crippen LogP contribution in [0.5, 0.6) is 5.75 Å². The molecule has 1 heterocycles. The summed E-state index contributed by atoms with van der Waals surface area (Å²) in [6.45, 7) is 5.18. The number of phenolic OH excluding ortho intramolecular Hbond substituents is 1. The molecule has 0 aliphatic heterocycles. The fraction of sp³-hybridized carbons (Fsp3) is 0.379. The topological polar surface area (TPSA) is 187 Å². The summed E-state index contributed by atoms with van der Waals surface area (Å²) in [5.74, 6) is -3.00. The Balaban J connectivity index is 1.88. The van der Waals surface area contributed by atoms with Gasteiger partial charge in [-0.2, -0.15) is 0 Å². The van der Waals surface area contributed by atoms with E-state index in [0.29, 0.717) is 5.56 Å². The van der Waals surface area contributed by atoms with Gasteiger partial charge in [-0.15, -0.1) is 0 Å². The van der Waals surface area contributed by atoms with Gasteiger partial charge < -0.3 is 36.9 Å². The molecule has 214 valence electrons. The molecule has 0 bridgehead atoms. The van der Waals surface area contributed by atoms with Crippen LogP contribution in [0.1, 0.15) is 38.3 Å². The Labute approximate surface area is 232 Å². The smallest absolute Gasteiger partial charge is 0.326 e. The second-order valence-corrected chi connectivity index (χ2v) is 10.4. The van der Waals surface area contributed by atoms with Crippen LogP contribution >= 0.6 is 0 Å². The van der Waals surface area contributed by atoms with E-state index >= 15 is 0 Å². The van der Waals surface area contributed by atoms with Gasteiger partial charge in [-0.1, -0.05) is 44.2 Å². The number of hydrogen-bond acceptors (Lipinski definition) is 6. The van der Waals surface area contributed by atoms with E-state index in [-0.39, 0.29) is 30.9 Å². The van der Waals surface area contributed by atoms with Gasteiger partial charge in [-0.25, -0.2) is 4.79 Å².